The number of nitrogens with two attached hydrogens (primary N) is 1. The number of hydrogen-bond donors (Lipinski definition) is 5. The second-order valence-corrected chi connectivity index (χ2v) is 11.4. The van der Waals surface area contributed by atoms with Crippen molar-refractivity contribution in [3.63, 3.8) is 0 Å². The number of piperazine rings is 1. The summed E-state index contributed by atoms with van der Waals surface area (Å²) >= 11 is 0. The summed E-state index contributed by atoms with van der Waals surface area (Å²) in [6.45, 7) is 10.5. The number of benzene rings is 1. The van der Waals surface area contributed by atoms with Gasteiger partial charge in [-0.25, -0.2) is 14.2 Å². The number of rotatable bonds is 6. The lowest BCUT2D eigenvalue weighted by Gasteiger charge is -2.42. The monoisotopic (exact) mass is 562 g/mol. The Morgan fingerprint density at radius 1 is 1.17 bits per heavy atom. The van der Waals surface area contributed by atoms with E-state index in [1.807, 2.05) is 0 Å². The number of nitrogen functional groups attached to an aromatic ring is 1. The van der Waals surface area contributed by atoms with Crippen LogP contribution >= 0.6 is 0 Å². The van der Waals surface area contributed by atoms with E-state index in [0.717, 1.165) is 38.3 Å². The van der Waals surface area contributed by atoms with Crippen LogP contribution in [0.15, 0.2) is 41.3 Å². The zero-order chi connectivity index (χ0) is 29.3. The molecule has 0 aliphatic carbocycles. The van der Waals surface area contributed by atoms with Crippen molar-refractivity contribution in [2.45, 2.75) is 33.2 Å². The minimum Gasteiger partial charge on any atom is -0.368 e. The zero-order valence-electron chi connectivity index (χ0n) is 23.6. The fourth-order valence-electron chi connectivity index (χ4n) is 5.24. The third kappa shape index (κ3) is 6.20. The molecule has 1 aliphatic heterocycles. The van der Waals surface area contributed by atoms with E-state index >= 15 is 0 Å². The van der Waals surface area contributed by atoms with Crippen molar-refractivity contribution in [1.29, 1.82) is 0 Å². The number of amides is 2. The molecular formula is C28H35FN10O2. The SMILES string of the molecule is Cn1c(=O)c(-c2ccc(F)c(NC(=O)Nc3cc(CC(N4CCNCC4)C(C)(C)C)[nH]n3)c2)cc2cnc(N)nc21. The number of aryl methyl sites for hydroxylation is 1. The van der Waals surface area contributed by atoms with E-state index in [1.165, 1.54) is 29.0 Å². The number of pyridine rings is 1. The Hall–Kier alpha value is -4.36. The number of fused-ring (bicyclic) bond motifs is 1. The van der Waals surface area contributed by atoms with E-state index in [1.54, 1.807) is 19.2 Å². The molecule has 1 saturated heterocycles. The Bertz CT molecular complexity index is 1640. The second-order valence-electron chi connectivity index (χ2n) is 11.4. The highest BCUT2D eigenvalue weighted by atomic mass is 19.1. The molecule has 3 aromatic heterocycles. The van der Waals surface area contributed by atoms with Crippen LogP contribution in [0.2, 0.25) is 0 Å². The van der Waals surface area contributed by atoms with Crippen molar-refractivity contribution in [3.05, 3.63) is 58.4 Å². The average Bonchev–Trinajstić information content (AvgIpc) is 3.37. The summed E-state index contributed by atoms with van der Waals surface area (Å²) in [5, 5.41) is 16.4. The van der Waals surface area contributed by atoms with Gasteiger partial charge in [0.2, 0.25) is 5.95 Å². The molecule has 1 aromatic carbocycles. The zero-order valence-corrected chi connectivity index (χ0v) is 23.6. The maximum absolute atomic E-state index is 14.7. The van der Waals surface area contributed by atoms with Crippen LogP contribution in [0.1, 0.15) is 26.5 Å². The molecule has 1 atom stereocenters. The van der Waals surface area contributed by atoms with E-state index < -0.39 is 11.8 Å². The van der Waals surface area contributed by atoms with Crippen LogP contribution in [0, 0.1) is 11.2 Å². The van der Waals surface area contributed by atoms with E-state index in [2.05, 4.69) is 61.8 Å². The number of aromatic nitrogens is 5. The summed E-state index contributed by atoms with van der Waals surface area (Å²) in [4.78, 5) is 36.4. The number of hydrogen-bond acceptors (Lipinski definition) is 8. The van der Waals surface area contributed by atoms with Gasteiger partial charge in [0.1, 0.15) is 11.5 Å². The molecule has 4 heterocycles. The lowest BCUT2D eigenvalue weighted by atomic mass is 9.82. The van der Waals surface area contributed by atoms with Gasteiger partial charge in [0.05, 0.1) is 5.69 Å². The number of H-pyrrole nitrogens is 1. The second kappa shape index (κ2) is 11.3. The van der Waals surface area contributed by atoms with Gasteiger partial charge >= 0.3 is 6.03 Å². The van der Waals surface area contributed by atoms with Crippen molar-refractivity contribution in [1.82, 2.24) is 34.9 Å². The van der Waals surface area contributed by atoms with E-state index in [0.29, 0.717) is 28.0 Å². The minimum absolute atomic E-state index is 0.0440. The van der Waals surface area contributed by atoms with Gasteiger partial charge in [0.15, 0.2) is 5.82 Å². The Labute approximate surface area is 236 Å². The Morgan fingerprint density at radius 2 is 1.93 bits per heavy atom. The van der Waals surface area contributed by atoms with Crippen molar-refractivity contribution in [2.24, 2.45) is 12.5 Å². The molecule has 1 unspecified atom stereocenters. The number of carbonyl (C=O) groups is 1. The molecule has 0 bridgehead atoms. The standard InChI is InChI=1S/C28H35FN10O2/c1-28(2,3)22(39-9-7-31-8-10-39)13-18-14-23(37-36-18)34-27(41)33-21-12-16(5-6-20(21)29)19-11-17-15-32-26(30)35-24(17)38(4)25(19)40/h5-6,11-12,14-15,22,31H,7-10,13H2,1-4H3,(H2,30,32,35)(H3,33,34,36,37,41). The number of nitrogens with one attached hydrogen (secondary N) is 4. The molecule has 0 radical (unpaired) electrons. The lowest BCUT2D eigenvalue weighted by molar-refractivity contribution is 0.0856. The normalized spacial score (nSPS) is 15.1. The molecule has 4 aromatic rings. The minimum atomic E-state index is -0.663. The smallest absolute Gasteiger partial charge is 0.324 e. The van der Waals surface area contributed by atoms with Crippen molar-refractivity contribution in [2.75, 3.05) is 42.5 Å². The van der Waals surface area contributed by atoms with Crippen molar-refractivity contribution < 1.29 is 9.18 Å². The Kier molecular flexibility index (Phi) is 7.74. The summed E-state index contributed by atoms with van der Waals surface area (Å²) in [5.41, 5.74) is 7.27. The van der Waals surface area contributed by atoms with Crippen LogP contribution in [0.4, 0.5) is 26.6 Å². The number of anilines is 3. The topological polar surface area (TPSA) is 159 Å². The number of urea groups is 1. The Morgan fingerprint density at radius 3 is 2.66 bits per heavy atom. The fourth-order valence-corrected chi connectivity index (χ4v) is 5.24. The first kappa shape index (κ1) is 28.2. The summed E-state index contributed by atoms with van der Waals surface area (Å²) in [7, 11) is 1.57. The summed E-state index contributed by atoms with van der Waals surface area (Å²) in [6, 6.07) is 7.12. The maximum atomic E-state index is 14.7. The highest BCUT2D eigenvalue weighted by molar-refractivity contribution is 5.99. The molecule has 216 valence electrons. The molecular weight excluding hydrogens is 527 g/mol. The van der Waals surface area contributed by atoms with Crippen molar-refractivity contribution in [3.8, 4) is 11.1 Å². The predicted molar refractivity (Wildman–Crippen MR) is 157 cm³/mol. The van der Waals surface area contributed by atoms with E-state index in [4.69, 9.17) is 5.73 Å². The maximum Gasteiger partial charge on any atom is 0.324 e. The quantitative estimate of drug-likeness (QED) is 0.240. The molecule has 12 nitrogen and oxygen atoms in total. The van der Waals surface area contributed by atoms with Crippen LogP contribution in [-0.4, -0.2) is 67.9 Å². The van der Waals surface area contributed by atoms with Crippen LogP contribution < -0.4 is 27.2 Å². The molecule has 1 aliphatic rings. The Balaban J connectivity index is 1.31. The van der Waals surface area contributed by atoms with Crippen LogP contribution in [0.25, 0.3) is 22.2 Å². The highest BCUT2D eigenvalue weighted by Gasteiger charge is 2.31. The van der Waals surface area contributed by atoms with Gasteiger partial charge < -0.3 is 16.4 Å². The van der Waals surface area contributed by atoms with Gasteiger partial charge in [-0.2, -0.15) is 10.1 Å². The van der Waals surface area contributed by atoms with Gasteiger partial charge in [-0.1, -0.05) is 26.8 Å². The molecule has 1 fully saturated rings. The van der Waals surface area contributed by atoms with E-state index in [9.17, 15) is 14.0 Å². The predicted octanol–water partition coefficient (Wildman–Crippen LogP) is 2.95. The number of nitrogens with zero attached hydrogens (tertiary/aromatic N) is 5. The number of carbonyl (C=O) groups excluding carboxylic acids is 1. The summed E-state index contributed by atoms with van der Waals surface area (Å²) in [6.07, 6.45) is 2.26. The molecule has 0 saturated carbocycles. The molecule has 41 heavy (non-hydrogen) atoms. The third-order valence-electron chi connectivity index (χ3n) is 7.37. The first-order valence-corrected chi connectivity index (χ1v) is 13.5. The van der Waals surface area contributed by atoms with Crippen molar-refractivity contribution >= 4 is 34.5 Å². The van der Waals surface area contributed by atoms with Gasteiger partial charge in [0.25, 0.3) is 5.56 Å². The third-order valence-corrected chi connectivity index (χ3v) is 7.37. The number of aromatic amines is 1. The van der Waals surface area contributed by atoms with Gasteiger partial charge in [-0.15, -0.1) is 0 Å². The fraction of sp³-hybridized carbons (Fsp3) is 0.393. The largest absolute Gasteiger partial charge is 0.368 e. The lowest BCUT2D eigenvalue weighted by Crippen LogP contribution is -2.53. The highest BCUT2D eigenvalue weighted by Crippen LogP contribution is 2.28. The van der Waals surface area contributed by atoms with Crippen LogP contribution in [0.3, 0.4) is 0 Å². The first-order valence-electron chi connectivity index (χ1n) is 13.5. The average molecular weight is 563 g/mol. The van der Waals surface area contributed by atoms with Gasteiger partial charge in [-0.3, -0.25) is 24.7 Å². The number of halogens is 1. The van der Waals surface area contributed by atoms with Crippen LogP contribution in [-0.2, 0) is 13.5 Å². The molecule has 6 N–H and O–H groups in total. The molecule has 5 rings (SSSR count). The van der Waals surface area contributed by atoms with E-state index in [-0.39, 0.29) is 28.7 Å². The van der Waals surface area contributed by atoms with Gasteiger partial charge in [0, 0.05) is 74.6 Å². The van der Waals surface area contributed by atoms with Crippen LogP contribution in [0.5, 0.6) is 0 Å². The molecule has 0 spiro atoms. The van der Waals surface area contributed by atoms with Gasteiger partial charge in [-0.05, 0) is 29.2 Å². The summed E-state index contributed by atoms with van der Waals surface area (Å²) < 4.78 is 16.1. The first-order chi connectivity index (χ1) is 19.5. The molecule has 13 heteroatoms. The summed E-state index contributed by atoms with van der Waals surface area (Å²) in [5.74, 6) is -0.272. The molecule has 2 amide bonds.